The van der Waals surface area contributed by atoms with Crippen LogP contribution in [0.5, 0.6) is 5.75 Å². The molecule has 0 atom stereocenters. The number of fused-ring (bicyclic) bond motifs is 1. The fourth-order valence-electron chi connectivity index (χ4n) is 3.04. The molecule has 5 nitrogen and oxygen atoms in total. The smallest absolute Gasteiger partial charge is 0.277 e. The van der Waals surface area contributed by atoms with Crippen molar-refractivity contribution in [3.05, 3.63) is 70.7 Å². The number of hydrazone groups is 1. The molecule has 29 heavy (non-hydrogen) atoms. The Hall–Kier alpha value is -2.86. The molecule has 0 aliphatic heterocycles. The van der Waals surface area contributed by atoms with Crippen molar-refractivity contribution in [2.45, 2.75) is 13.8 Å². The first kappa shape index (κ1) is 20.9. The molecule has 0 saturated carbocycles. The van der Waals surface area contributed by atoms with Crippen molar-refractivity contribution < 1.29 is 9.53 Å². The molecule has 1 amide bonds. The van der Waals surface area contributed by atoms with E-state index in [0.717, 1.165) is 33.9 Å². The van der Waals surface area contributed by atoms with Crippen LogP contribution in [0, 0.1) is 0 Å². The van der Waals surface area contributed by atoms with Crippen LogP contribution < -0.4 is 15.1 Å². The predicted molar refractivity (Wildman–Crippen MR) is 123 cm³/mol. The van der Waals surface area contributed by atoms with Gasteiger partial charge in [0.1, 0.15) is 5.75 Å². The average Bonchev–Trinajstić information content (AvgIpc) is 2.75. The number of nitrogens with zero attached hydrogens (tertiary/aromatic N) is 2. The first-order valence-corrected chi connectivity index (χ1v) is 10.4. The van der Waals surface area contributed by atoms with Gasteiger partial charge in [-0.1, -0.05) is 42.5 Å². The summed E-state index contributed by atoms with van der Waals surface area (Å²) in [5.41, 5.74) is 4.59. The fourth-order valence-corrected chi connectivity index (χ4v) is 3.65. The third kappa shape index (κ3) is 5.35. The highest BCUT2D eigenvalue weighted by molar-refractivity contribution is 9.10. The molecular formula is C23H24BrN3O2. The molecule has 0 fully saturated rings. The van der Waals surface area contributed by atoms with Crippen LogP contribution in [0.1, 0.15) is 19.4 Å². The van der Waals surface area contributed by atoms with Crippen molar-refractivity contribution in [2.24, 2.45) is 5.10 Å². The molecule has 0 aromatic heterocycles. The van der Waals surface area contributed by atoms with E-state index in [4.69, 9.17) is 4.74 Å². The van der Waals surface area contributed by atoms with Crippen LogP contribution in [-0.2, 0) is 4.79 Å². The Morgan fingerprint density at radius 2 is 1.79 bits per heavy atom. The van der Waals surface area contributed by atoms with Crippen molar-refractivity contribution in [1.82, 2.24) is 5.43 Å². The summed E-state index contributed by atoms with van der Waals surface area (Å²) in [5.74, 6) is 0.302. The van der Waals surface area contributed by atoms with E-state index in [2.05, 4.69) is 57.3 Å². The Kier molecular flexibility index (Phi) is 7.25. The first-order valence-electron chi connectivity index (χ1n) is 9.59. The number of hydrogen-bond donors (Lipinski definition) is 1. The second kappa shape index (κ2) is 10.1. The topological polar surface area (TPSA) is 53.9 Å². The van der Waals surface area contributed by atoms with Crippen molar-refractivity contribution in [2.75, 3.05) is 24.6 Å². The van der Waals surface area contributed by atoms with Crippen LogP contribution in [0.25, 0.3) is 10.8 Å². The summed E-state index contributed by atoms with van der Waals surface area (Å²) in [6.07, 6.45) is 1.62. The van der Waals surface area contributed by atoms with E-state index in [1.54, 1.807) is 6.21 Å². The van der Waals surface area contributed by atoms with Crippen LogP contribution in [0.2, 0.25) is 0 Å². The molecular weight excluding hydrogens is 430 g/mol. The van der Waals surface area contributed by atoms with E-state index < -0.39 is 0 Å². The molecule has 0 spiro atoms. The molecule has 150 valence electrons. The number of anilines is 1. The zero-order valence-electron chi connectivity index (χ0n) is 16.6. The SMILES string of the molecule is CCN(CC)c1ccc(C=NNC(=O)COc2ccc3ccccc3c2Br)cc1. The minimum Gasteiger partial charge on any atom is -0.483 e. The monoisotopic (exact) mass is 453 g/mol. The minimum atomic E-state index is -0.318. The highest BCUT2D eigenvalue weighted by Gasteiger charge is 2.08. The third-order valence-corrected chi connectivity index (χ3v) is 5.43. The number of rotatable bonds is 8. The second-order valence-corrected chi connectivity index (χ2v) is 7.24. The Morgan fingerprint density at radius 3 is 2.52 bits per heavy atom. The average molecular weight is 454 g/mol. The van der Waals surface area contributed by atoms with Crippen LogP contribution >= 0.6 is 15.9 Å². The van der Waals surface area contributed by atoms with Gasteiger partial charge in [-0.3, -0.25) is 4.79 Å². The normalized spacial score (nSPS) is 11.0. The largest absolute Gasteiger partial charge is 0.483 e. The Bertz CT molecular complexity index is 999. The quantitative estimate of drug-likeness (QED) is 0.386. The third-order valence-electron chi connectivity index (χ3n) is 4.61. The summed E-state index contributed by atoms with van der Waals surface area (Å²) < 4.78 is 6.47. The van der Waals surface area contributed by atoms with Gasteiger partial charge in [-0.05, 0) is 64.3 Å². The standard InChI is InChI=1S/C23H24BrN3O2/c1-3-27(4-2)19-12-9-17(10-13-19)15-25-26-22(28)16-29-21-14-11-18-7-5-6-8-20(18)23(21)24/h5-15H,3-4,16H2,1-2H3,(H,26,28). The van der Waals surface area contributed by atoms with E-state index in [9.17, 15) is 4.79 Å². The molecule has 0 heterocycles. The van der Waals surface area contributed by atoms with Crippen LogP contribution in [0.4, 0.5) is 5.69 Å². The Morgan fingerprint density at radius 1 is 1.07 bits per heavy atom. The van der Waals surface area contributed by atoms with Crippen LogP contribution in [0.3, 0.4) is 0 Å². The lowest BCUT2D eigenvalue weighted by atomic mass is 10.1. The van der Waals surface area contributed by atoms with Crippen molar-refractivity contribution in [3.63, 3.8) is 0 Å². The molecule has 1 N–H and O–H groups in total. The summed E-state index contributed by atoms with van der Waals surface area (Å²) in [5, 5.41) is 6.15. The number of halogens is 1. The van der Waals surface area contributed by atoms with Gasteiger partial charge in [0.05, 0.1) is 10.7 Å². The number of nitrogens with one attached hydrogen (secondary N) is 1. The van der Waals surface area contributed by atoms with Gasteiger partial charge in [-0.15, -0.1) is 0 Å². The first-order chi connectivity index (χ1) is 14.1. The summed E-state index contributed by atoms with van der Waals surface area (Å²) in [6.45, 7) is 6.08. The molecule has 0 radical (unpaired) electrons. The van der Waals surface area contributed by atoms with Gasteiger partial charge in [0.2, 0.25) is 0 Å². The highest BCUT2D eigenvalue weighted by atomic mass is 79.9. The molecule has 0 aliphatic rings. The molecule has 6 heteroatoms. The number of ether oxygens (including phenoxy) is 1. The highest BCUT2D eigenvalue weighted by Crippen LogP contribution is 2.32. The van der Waals surface area contributed by atoms with E-state index in [-0.39, 0.29) is 12.5 Å². The molecule has 0 unspecified atom stereocenters. The van der Waals surface area contributed by atoms with Crippen LogP contribution in [0.15, 0.2) is 70.2 Å². The number of amides is 1. The van der Waals surface area contributed by atoms with Gasteiger partial charge >= 0.3 is 0 Å². The summed E-state index contributed by atoms with van der Waals surface area (Å²) in [7, 11) is 0. The maximum atomic E-state index is 12.0. The van der Waals surface area contributed by atoms with Gasteiger partial charge in [0.25, 0.3) is 5.91 Å². The zero-order chi connectivity index (χ0) is 20.6. The maximum Gasteiger partial charge on any atom is 0.277 e. The Labute approximate surface area is 179 Å². The second-order valence-electron chi connectivity index (χ2n) is 6.44. The van der Waals surface area contributed by atoms with Gasteiger partial charge in [-0.25, -0.2) is 5.43 Å². The fraction of sp³-hybridized carbons (Fsp3) is 0.217. The summed E-state index contributed by atoms with van der Waals surface area (Å²) >= 11 is 3.55. The van der Waals surface area contributed by atoms with Crippen molar-refractivity contribution >= 4 is 44.5 Å². The maximum absolute atomic E-state index is 12.0. The summed E-state index contributed by atoms with van der Waals surface area (Å²) in [6, 6.07) is 19.9. The lowest BCUT2D eigenvalue weighted by Crippen LogP contribution is -2.24. The molecule has 0 bridgehead atoms. The van der Waals surface area contributed by atoms with Crippen molar-refractivity contribution in [3.8, 4) is 5.75 Å². The number of carbonyl (C=O) groups excluding carboxylic acids is 1. The van der Waals surface area contributed by atoms with Crippen LogP contribution in [-0.4, -0.2) is 31.8 Å². The molecule has 3 aromatic carbocycles. The lowest BCUT2D eigenvalue weighted by molar-refractivity contribution is -0.123. The minimum absolute atomic E-state index is 0.116. The Balaban J connectivity index is 1.53. The van der Waals surface area contributed by atoms with Gasteiger partial charge in [0, 0.05) is 18.8 Å². The van der Waals surface area contributed by atoms with E-state index in [1.807, 2.05) is 48.5 Å². The summed E-state index contributed by atoms with van der Waals surface area (Å²) in [4.78, 5) is 14.3. The van der Waals surface area contributed by atoms with Gasteiger partial charge in [0.15, 0.2) is 6.61 Å². The molecule has 0 saturated heterocycles. The van der Waals surface area contributed by atoms with Gasteiger partial charge in [-0.2, -0.15) is 5.10 Å². The van der Waals surface area contributed by atoms with E-state index in [1.165, 1.54) is 5.69 Å². The number of benzene rings is 3. The van der Waals surface area contributed by atoms with Gasteiger partial charge < -0.3 is 9.64 Å². The zero-order valence-corrected chi connectivity index (χ0v) is 18.1. The van der Waals surface area contributed by atoms with E-state index in [0.29, 0.717) is 5.75 Å². The molecule has 0 aliphatic carbocycles. The number of hydrogen-bond acceptors (Lipinski definition) is 4. The number of carbonyl (C=O) groups is 1. The van der Waals surface area contributed by atoms with Crippen molar-refractivity contribution in [1.29, 1.82) is 0 Å². The molecule has 3 rings (SSSR count). The van der Waals surface area contributed by atoms with E-state index >= 15 is 0 Å². The lowest BCUT2D eigenvalue weighted by Gasteiger charge is -2.20. The predicted octanol–water partition coefficient (Wildman–Crippen LogP) is 4.98. The molecule has 3 aromatic rings.